The largest absolute Gasteiger partial charge is 0.330 e. The van der Waals surface area contributed by atoms with Crippen LogP contribution in [0.3, 0.4) is 0 Å². The maximum Gasteiger partial charge on any atom is 0.0280 e. The van der Waals surface area contributed by atoms with Crippen molar-refractivity contribution in [2.45, 2.75) is 38.0 Å². The third-order valence-corrected chi connectivity index (χ3v) is 3.23. The second-order valence-corrected chi connectivity index (χ2v) is 4.41. The lowest BCUT2D eigenvalue weighted by Gasteiger charge is -2.26. The molecule has 0 saturated heterocycles. The van der Waals surface area contributed by atoms with E-state index in [2.05, 4.69) is 36.1 Å². The molecule has 2 rings (SSSR count). The zero-order valence-electron chi connectivity index (χ0n) is 9.71. The zero-order chi connectivity index (χ0) is 11.2. The van der Waals surface area contributed by atoms with Crippen LogP contribution in [-0.4, -0.2) is 6.54 Å². The third kappa shape index (κ3) is 2.65. The minimum Gasteiger partial charge on any atom is -0.330 e. The summed E-state index contributed by atoms with van der Waals surface area (Å²) in [5.41, 5.74) is 8.13. The lowest BCUT2D eigenvalue weighted by atomic mass is 9.78. The minimum atomic E-state index is 0.735. The number of rotatable bonds is 3. The predicted octanol–water partition coefficient (Wildman–Crippen LogP) is 3.04. The van der Waals surface area contributed by atoms with Crippen LogP contribution in [0.2, 0.25) is 0 Å². The molecule has 1 nitrogen and oxygen atoms in total. The third-order valence-electron chi connectivity index (χ3n) is 3.23. The molecule has 1 aliphatic carbocycles. The molecule has 84 valence electrons. The summed E-state index contributed by atoms with van der Waals surface area (Å²) < 4.78 is 0. The number of nitrogens with two attached hydrogens (primary N) is 1. The molecule has 1 aliphatic rings. The molecule has 1 heteroatoms. The van der Waals surface area contributed by atoms with Crippen molar-refractivity contribution >= 4 is 0 Å². The van der Waals surface area contributed by atoms with Crippen LogP contribution in [0.1, 0.15) is 49.1 Å². The Balaban J connectivity index is 2.08. The number of unbranched alkanes of at least 4 members (excludes halogenated alkanes) is 1. The lowest BCUT2D eigenvalue weighted by molar-refractivity contribution is 0.419. The number of benzene rings is 1. The Morgan fingerprint density at radius 2 is 2.06 bits per heavy atom. The number of hydrogen-bond acceptors (Lipinski definition) is 1. The average Bonchev–Trinajstić information content (AvgIpc) is 2.24. The van der Waals surface area contributed by atoms with Gasteiger partial charge in [-0.05, 0) is 43.4 Å². The first-order valence-corrected chi connectivity index (χ1v) is 6.19. The van der Waals surface area contributed by atoms with Crippen molar-refractivity contribution in [2.75, 3.05) is 6.54 Å². The van der Waals surface area contributed by atoms with Crippen molar-refractivity contribution in [3.05, 3.63) is 35.4 Å². The summed E-state index contributed by atoms with van der Waals surface area (Å²) in [5, 5.41) is 0. The van der Waals surface area contributed by atoms with Gasteiger partial charge in [-0.1, -0.05) is 36.5 Å². The van der Waals surface area contributed by atoms with E-state index in [1.165, 1.54) is 30.4 Å². The maximum atomic E-state index is 5.45. The molecule has 0 bridgehead atoms. The maximum absolute atomic E-state index is 5.45. The van der Waals surface area contributed by atoms with E-state index in [-0.39, 0.29) is 0 Å². The van der Waals surface area contributed by atoms with Gasteiger partial charge in [-0.15, -0.1) is 0 Å². The van der Waals surface area contributed by atoms with Gasteiger partial charge >= 0.3 is 0 Å². The Hall–Kier alpha value is -1.26. The van der Waals surface area contributed by atoms with Crippen molar-refractivity contribution in [3.8, 4) is 11.8 Å². The van der Waals surface area contributed by atoms with E-state index in [9.17, 15) is 0 Å². The standard InChI is InChI=1S/C15H19N/c16-12-5-1-2-7-13-8-3-4-11-15(13)14-9-6-10-14/h3-4,8,11,14H,1,5-6,9-10,12,16H2. The van der Waals surface area contributed by atoms with Crippen molar-refractivity contribution in [3.63, 3.8) is 0 Å². The molecule has 0 radical (unpaired) electrons. The van der Waals surface area contributed by atoms with E-state index in [0.29, 0.717) is 0 Å². The van der Waals surface area contributed by atoms with Crippen LogP contribution < -0.4 is 5.73 Å². The first-order valence-electron chi connectivity index (χ1n) is 6.19. The quantitative estimate of drug-likeness (QED) is 0.606. The van der Waals surface area contributed by atoms with Gasteiger partial charge in [0.15, 0.2) is 0 Å². The molecule has 1 fully saturated rings. The molecular weight excluding hydrogens is 194 g/mol. The molecule has 0 unspecified atom stereocenters. The van der Waals surface area contributed by atoms with Crippen LogP contribution in [0.4, 0.5) is 0 Å². The van der Waals surface area contributed by atoms with Crippen LogP contribution in [0.5, 0.6) is 0 Å². The molecule has 1 saturated carbocycles. The molecule has 0 aromatic heterocycles. The van der Waals surface area contributed by atoms with Gasteiger partial charge in [0.25, 0.3) is 0 Å². The monoisotopic (exact) mass is 213 g/mol. The van der Waals surface area contributed by atoms with Crippen molar-refractivity contribution in [1.29, 1.82) is 0 Å². The summed E-state index contributed by atoms with van der Waals surface area (Å²) in [4.78, 5) is 0. The first-order chi connectivity index (χ1) is 7.92. The highest BCUT2D eigenvalue weighted by molar-refractivity contribution is 5.43. The zero-order valence-corrected chi connectivity index (χ0v) is 9.71. The fraction of sp³-hybridized carbons (Fsp3) is 0.467. The minimum absolute atomic E-state index is 0.735. The summed E-state index contributed by atoms with van der Waals surface area (Å²) >= 11 is 0. The fourth-order valence-corrected chi connectivity index (χ4v) is 2.03. The molecule has 1 aromatic carbocycles. The molecule has 1 aromatic rings. The van der Waals surface area contributed by atoms with Crippen molar-refractivity contribution in [1.82, 2.24) is 0 Å². The van der Waals surface area contributed by atoms with E-state index in [1.54, 1.807) is 0 Å². The smallest absolute Gasteiger partial charge is 0.0280 e. The second kappa shape index (κ2) is 5.72. The Labute approximate surface area is 98.0 Å². The summed E-state index contributed by atoms with van der Waals surface area (Å²) in [7, 11) is 0. The van der Waals surface area contributed by atoms with Crippen molar-refractivity contribution in [2.24, 2.45) is 5.73 Å². The van der Waals surface area contributed by atoms with E-state index in [1.807, 2.05) is 0 Å². The highest BCUT2D eigenvalue weighted by atomic mass is 14.5. The molecule has 0 heterocycles. The summed E-state index contributed by atoms with van der Waals surface area (Å²) in [6.45, 7) is 0.735. The van der Waals surface area contributed by atoms with Crippen LogP contribution >= 0.6 is 0 Å². The highest BCUT2D eigenvalue weighted by Crippen LogP contribution is 2.37. The van der Waals surface area contributed by atoms with Gasteiger partial charge in [-0.25, -0.2) is 0 Å². The molecule has 16 heavy (non-hydrogen) atoms. The van der Waals surface area contributed by atoms with Gasteiger partial charge in [-0.2, -0.15) is 0 Å². The Morgan fingerprint density at radius 3 is 2.75 bits per heavy atom. The van der Waals surface area contributed by atoms with Crippen molar-refractivity contribution < 1.29 is 0 Å². The summed E-state index contributed by atoms with van der Waals surface area (Å²) in [5.74, 6) is 7.27. The van der Waals surface area contributed by atoms with Gasteiger partial charge in [0.1, 0.15) is 0 Å². The Bertz CT molecular complexity index is 393. The Kier molecular flexibility index (Phi) is 4.02. The molecule has 2 N–H and O–H groups in total. The van der Waals surface area contributed by atoms with E-state index >= 15 is 0 Å². The van der Waals surface area contributed by atoms with Crippen LogP contribution in [-0.2, 0) is 0 Å². The van der Waals surface area contributed by atoms with Crippen LogP contribution in [0, 0.1) is 11.8 Å². The summed E-state index contributed by atoms with van der Waals surface area (Å²) in [6, 6.07) is 8.58. The van der Waals surface area contributed by atoms with Gasteiger partial charge in [0, 0.05) is 12.0 Å². The van der Waals surface area contributed by atoms with Gasteiger partial charge in [-0.3, -0.25) is 0 Å². The normalized spacial score (nSPS) is 15.1. The van der Waals surface area contributed by atoms with Crippen LogP contribution in [0.15, 0.2) is 24.3 Å². The molecule has 0 amide bonds. The highest BCUT2D eigenvalue weighted by Gasteiger charge is 2.20. The second-order valence-electron chi connectivity index (χ2n) is 4.41. The Morgan fingerprint density at radius 1 is 1.25 bits per heavy atom. The van der Waals surface area contributed by atoms with E-state index < -0.39 is 0 Å². The van der Waals surface area contributed by atoms with Gasteiger partial charge < -0.3 is 5.73 Å². The molecule has 0 aliphatic heterocycles. The molecular formula is C15H19N. The predicted molar refractivity (Wildman–Crippen MR) is 68.2 cm³/mol. The average molecular weight is 213 g/mol. The number of hydrogen-bond donors (Lipinski definition) is 1. The topological polar surface area (TPSA) is 26.0 Å². The lowest BCUT2D eigenvalue weighted by Crippen LogP contribution is -2.10. The SMILES string of the molecule is NCCCC#Cc1ccccc1C1CCC1. The molecule has 0 spiro atoms. The van der Waals surface area contributed by atoms with E-state index in [0.717, 1.165) is 25.3 Å². The van der Waals surface area contributed by atoms with E-state index in [4.69, 9.17) is 5.73 Å². The first kappa shape index (κ1) is 11.2. The molecule has 0 atom stereocenters. The van der Waals surface area contributed by atoms with Gasteiger partial charge in [0.05, 0.1) is 0 Å². The fourth-order valence-electron chi connectivity index (χ4n) is 2.03. The van der Waals surface area contributed by atoms with Crippen LogP contribution in [0.25, 0.3) is 0 Å². The summed E-state index contributed by atoms with van der Waals surface area (Å²) in [6.07, 6.45) is 5.96. The van der Waals surface area contributed by atoms with Gasteiger partial charge in [0.2, 0.25) is 0 Å².